The maximum Gasteiger partial charge on any atom is 0.252 e. The van der Waals surface area contributed by atoms with Crippen molar-refractivity contribution in [2.75, 3.05) is 26.8 Å². The zero-order chi connectivity index (χ0) is 17.2. The van der Waals surface area contributed by atoms with Gasteiger partial charge in [-0.05, 0) is 35.4 Å². The van der Waals surface area contributed by atoms with Gasteiger partial charge in [0.05, 0.1) is 13.7 Å². The van der Waals surface area contributed by atoms with E-state index in [1.54, 1.807) is 7.11 Å². The molecule has 0 bridgehead atoms. The summed E-state index contributed by atoms with van der Waals surface area (Å²) in [5.74, 6) is 2.44. The van der Waals surface area contributed by atoms with E-state index in [9.17, 15) is 4.79 Å². The maximum atomic E-state index is 11.8. The maximum absolute atomic E-state index is 11.8. The predicted octanol–water partition coefficient (Wildman–Crippen LogP) is 2.74. The van der Waals surface area contributed by atoms with Crippen molar-refractivity contribution < 1.29 is 14.3 Å². The lowest BCUT2D eigenvalue weighted by molar-refractivity contribution is 0.0965. The van der Waals surface area contributed by atoms with E-state index in [-0.39, 0.29) is 18.3 Å². The molecule has 0 radical (unpaired) electrons. The molecule has 2 unspecified atom stereocenters. The Hall–Kier alpha value is -2.24. The molecule has 1 amide bonds. The molecular formula is C20H23ClN2O3. The topological polar surface area (TPSA) is 59.6 Å². The van der Waals surface area contributed by atoms with Crippen LogP contribution in [0.3, 0.4) is 0 Å². The monoisotopic (exact) mass is 374 g/mol. The Labute approximate surface area is 159 Å². The van der Waals surface area contributed by atoms with E-state index in [1.165, 1.54) is 5.56 Å². The molecule has 1 fully saturated rings. The normalized spacial score (nSPS) is 20.9. The number of ether oxygens (including phenoxy) is 2. The van der Waals surface area contributed by atoms with Crippen molar-refractivity contribution in [2.45, 2.75) is 12.5 Å². The van der Waals surface area contributed by atoms with Gasteiger partial charge in [0, 0.05) is 37.0 Å². The van der Waals surface area contributed by atoms with Crippen molar-refractivity contribution in [3.8, 4) is 11.5 Å². The minimum absolute atomic E-state index is 0. The summed E-state index contributed by atoms with van der Waals surface area (Å²) in [6.45, 7) is 3.12. The van der Waals surface area contributed by atoms with Crippen molar-refractivity contribution >= 4 is 18.3 Å². The van der Waals surface area contributed by atoms with Gasteiger partial charge in [-0.3, -0.25) is 4.79 Å². The van der Waals surface area contributed by atoms with Crippen LogP contribution in [0.5, 0.6) is 11.5 Å². The van der Waals surface area contributed by atoms with Gasteiger partial charge in [0.25, 0.3) is 5.91 Å². The number of hydrogen-bond donors (Lipinski definition) is 2. The number of fused-ring (bicyclic) bond motifs is 1. The fourth-order valence-corrected chi connectivity index (χ4v) is 3.63. The second-order valence-corrected chi connectivity index (χ2v) is 6.61. The lowest BCUT2D eigenvalue weighted by atomic mass is 9.89. The Morgan fingerprint density at radius 1 is 1.08 bits per heavy atom. The summed E-state index contributed by atoms with van der Waals surface area (Å²) < 4.78 is 11.3. The van der Waals surface area contributed by atoms with Crippen LogP contribution >= 0.6 is 12.4 Å². The first-order valence-electron chi connectivity index (χ1n) is 8.63. The Kier molecular flexibility index (Phi) is 5.69. The average molecular weight is 375 g/mol. The highest BCUT2D eigenvalue weighted by Crippen LogP contribution is 2.30. The summed E-state index contributed by atoms with van der Waals surface area (Å²) in [5, 5.41) is 6.29. The number of carbonyl (C=O) groups excluding carboxylic acids is 1. The van der Waals surface area contributed by atoms with Crippen LogP contribution < -0.4 is 20.1 Å². The Balaban J connectivity index is 0.00000196. The molecule has 4 rings (SSSR count). The van der Waals surface area contributed by atoms with Crippen molar-refractivity contribution in [2.24, 2.45) is 5.92 Å². The Morgan fingerprint density at radius 3 is 2.62 bits per heavy atom. The molecule has 26 heavy (non-hydrogen) atoms. The number of rotatable bonds is 5. The van der Waals surface area contributed by atoms with Gasteiger partial charge in [0.1, 0.15) is 11.5 Å². The molecule has 0 aromatic heterocycles. The van der Waals surface area contributed by atoms with Gasteiger partial charge in [0.2, 0.25) is 0 Å². The highest BCUT2D eigenvalue weighted by Gasteiger charge is 2.29. The molecular weight excluding hydrogens is 352 g/mol. The quantitative estimate of drug-likeness (QED) is 0.844. The zero-order valence-electron chi connectivity index (χ0n) is 14.7. The first-order valence-corrected chi connectivity index (χ1v) is 8.63. The number of amides is 1. The number of nitrogens with one attached hydrogen (secondary N) is 2. The van der Waals surface area contributed by atoms with Gasteiger partial charge in [-0.2, -0.15) is 0 Å². The molecule has 2 aliphatic heterocycles. The average Bonchev–Trinajstić information content (AvgIpc) is 3.27. The van der Waals surface area contributed by atoms with Crippen LogP contribution in [0.15, 0.2) is 42.5 Å². The SMILES string of the molecule is COc1ccc(C2CNCC2COc2ccc3c(c2)C(=O)NC3)cc1.Cl. The molecule has 2 aromatic rings. The molecule has 6 heteroatoms. The van der Waals surface area contributed by atoms with E-state index >= 15 is 0 Å². The molecule has 2 aliphatic rings. The number of methoxy groups -OCH3 is 1. The zero-order valence-corrected chi connectivity index (χ0v) is 15.5. The van der Waals surface area contributed by atoms with Gasteiger partial charge in [-0.25, -0.2) is 0 Å². The number of halogens is 1. The molecule has 2 heterocycles. The highest BCUT2D eigenvalue weighted by atomic mass is 35.5. The van der Waals surface area contributed by atoms with E-state index in [1.807, 2.05) is 30.3 Å². The molecule has 2 N–H and O–H groups in total. The van der Waals surface area contributed by atoms with Crippen LogP contribution in [0.2, 0.25) is 0 Å². The number of hydrogen-bond acceptors (Lipinski definition) is 4. The summed E-state index contributed by atoms with van der Waals surface area (Å²) in [6.07, 6.45) is 0. The Morgan fingerprint density at radius 2 is 1.85 bits per heavy atom. The molecule has 2 atom stereocenters. The highest BCUT2D eigenvalue weighted by molar-refractivity contribution is 5.98. The van der Waals surface area contributed by atoms with Crippen LogP contribution in [0.4, 0.5) is 0 Å². The van der Waals surface area contributed by atoms with Crippen molar-refractivity contribution in [3.63, 3.8) is 0 Å². The smallest absolute Gasteiger partial charge is 0.252 e. The van der Waals surface area contributed by atoms with E-state index in [0.29, 0.717) is 25.0 Å². The first-order chi connectivity index (χ1) is 12.2. The first kappa shape index (κ1) is 18.5. The number of carbonyl (C=O) groups is 1. The summed E-state index contributed by atoms with van der Waals surface area (Å²) in [5.41, 5.74) is 3.07. The fraction of sp³-hybridized carbons (Fsp3) is 0.350. The molecule has 0 aliphatic carbocycles. The van der Waals surface area contributed by atoms with Gasteiger partial charge in [-0.15, -0.1) is 12.4 Å². The summed E-state index contributed by atoms with van der Waals surface area (Å²) in [6, 6.07) is 14.0. The van der Waals surface area contributed by atoms with Crippen molar-refractivity contribution in [3.05, 3.63) is 59.2 Å². The largest absolute Gasteiger partial charge is 0.497 e. The molecule has 1 saturated heterocycles. The predicted molar refractivity (Wildman–Crippen MR) is 102 cm³/mol. The van der Waals surface area contributed by atoms with Gasteiger partial charge < -0.3 is 20.1 Å². The molecule has 138 valence electrons. The second kappa shape index (κ2) is 7.98. The van der Waals surface area contributed by atoms with Crippen LogP contribution in [0.25, 0.3) is 0 Å². The summed E-state index contributed by atoms with van der Waals surface area (Å²) >= 11 is 0. The number of benzene rings is 2. The summed E-state index contributed by atoms with van der Waals surface area (Å²) in [7, 11) is 1.68. The third-order valence-electron chi connectivity index (χ3n) is 5.11. The van der Waals surface area contributed by atoms with Crippen LogP contribution in [0.1, 0.15) is 27.4 Å². The van der Waals surface area contributed by atoms with E-state index < -0.39 is 0 Å². The minimum atomic E-state index is -0.0147. The Bertz CT molecular complexity index is 779. The van der Waals surface area contributed by atoms with Crippen LogP contribution in [0, 0.1) is 5.92 Å². The molecule has 0 spiro atoms. The van der Waals surface area contributed by atoms with Gasteiger partial charge in [-0.1, -0.05) is 18.2 Å². The summed E-state index contributed by atoms with van der Waals surface area (Å²) in [4.78, 5) is 11.8. The second-order valence-electron chi connectivity index (χ2n) is 6.61. The van der Waals surface area contributed by atoms with Gasteiger partial charge >= 0.3 is 0 Å². The minimum Gasteiger partial charge on any atom is -0.497 e. The standard InChI is InChI=1S/C20H22N2O3.ClH/c1-24-16-5-2-13(3-6-16)19-11-21-9-15(19)12-25-17-7-4-14-10-22-20(23)18(14)8-17;/h2-8,15,19,21H,9-12H2,1H3,(H,22,23);1H. The lowest BCUT2D eigenvalue weighted by Crippen LogP contribution is -2.19. The van der Waals surface area contributed by atoms with E-state index in [4.69, 9.17) is 9.47 Å². The third-order valence-corrected chi connectivity index (χ3v) is 5.11. The fourth-order valence-electron chi connectivity index (χ4n) is 3.63. The van der Waals surface area contributed by atoms with Crippen LogP contribution in [-0.2, 0) is 6.54 Å². The van der Waals surface area contributed by atoms with Crippen LogP contribution in [-0.4, -0.2) is 32.7 Å². The third kappa shape index (κ3) is 3.64. The molecule has 2 aromatic carbocycles. The molecule has 5 nitrogen and oxygen atoms in total. The van der Waals surface area contributed by atoms with Crippen molar-refractivity contribution in [1.29, 1.82) is 0 Å². The van der Waals surface area contributed by atoms with E-state index in [0.717, 1.165) is 35.7 Å². The van der Waals surface area contributed by atoms with Crippen molar-refractivity contribution in [1.82, 2.24) is 10.6 Å². The lowest BCUT2D eigenvalue weighted by Gasteiger charge is -2.20. The van der Waals surface area contributed by atoms with Gasteiger partial charge in [0.15, 0.2) is 0 Å². The van der Waals surface area contributed by atoms with E-state index in [2.05, 4.69) is 22.8 Å². The molecule has 0 saturated carbocycles.